The molecule has 0 aliphatic rings. The average molecular weight is 320 g/mol. The van der Waals surface area contributed by atoms with Crippen molar-refractivity contribution in [3.63, 3.8) is 0 Å². The van der Waals surface area contributed by atoms with Crippen molar-refractivity contribution in [3.05, 3.63) is 36.8 Å². The van der Waals surface area contributed by atoms with Crippen LogP contribution in [0.5, 0.6) is 0 Å². The Labute approximate surface area is 116 Å². The summed E-state index contributed by atoms with van der Waals surface area (Å²) in [7, 11) is 0. The van der Waals surface area contributed by atoms with Gasteiger partial charge in [0.05, 0.1) is 25.1 Å². The van der Waals surface area contributed by atoms with Gasteiger partial charge in [-0.15, -0.1) is 0 Å². The van der Waals surface area contributed by atoms with Gasteiger partial charge in [-0.2, -0.15) is 0 Å². The summed E-state index contributed by atoms with van der Waals surface area (Å²) < 4.78 is 0. The number of aliphatic carboxylic acids is 1. The molecule has 0 fully saturated rings. The van der Waals surface area contributed by atoms with Crippen LogP contribution in [0.15, 0.2) is 6.08 Å². The molecule has 0 atom stereocenters. The van der Waals surface area contributed by atoms with E-state index in [-0.39, 0.29) is 30.7 Å². The summed E-state index contributed by atoms with van der Waals surface area (Å²) in [6.07, 6.45) is 2.06. The number of hydrogen-bond acceptors (Lipinski definition) is 1. The van der Waals surface area contributed by atoms with Gasteiger partial charge < -0.3 is 5.11 Å². The van der Waals surface area contributed by atoms with Crippen LogP contribution in [0.4, 0.5) is 0 Å². The van der Waals surface area contributed by atoms with E-state index < -0.39 is 5.97 Å². The monoisotopic (exact) mass is 318 g/mol. The van der Waals surface area contributed by atoms with Crippen LogP contribution in [0.3, 0.4) is 0 Å². The molecule has 0 aliphatic carbocycles. The number of carboxylic acids is 1. The molecule has 0 bridgehead atoms. The Bertz CT molecular complexity index is 452. The SMILES string of the molecule is O=C(O)/C=C/c1c(Cl)c(Cl)c(Cl)c(Cl)c1Cl. The summed E-state index contributed by atoms with van der Waals surface area (Å²) in [5.74, 6) is -1.14. The van der Waals surface area contributed by atoms with Gasteiger partial charge in [-0.3, -0.25) is 0 Å². The van der Waals surface area contributed by atoms with Crippen LogP contribution >= 0.6 is 58.0 Å². The summed E-state index contributed by atoms with van der Waals surface area (Å²) in [5, 5.41) is 8.69. The highest BCUT2D eigenvalue weighted by atomic mass is 35.5. The number of rotatable bonds is 2. The first-order valence-corrected chi connectivity index (χ1v) is 5.67. The van der Waals surface area contributed by atoms with E-state index in [0.717, 1.165) is 6.08 Å². The van der Waals surface area contributed by atoms with Crippen molar-refractivity contribution >= 4 is 70.1 Å². The zero-order chi connectivity index (χ0) is 12.5. The lowest BCUT2D eigenvalue weighted by molar-refractivity contribution is -0.131. The second-order valence-electron chi connectivity index (χ2n) is 2.66. The largest absolute Gasteiger partial charge is 0.478 e. The molecule has 1 aromatic carbocycles. The molecule has 0 saturated carbocycles. The van der Waals surface area contributed by atoms with Crippen molar-refractivity contribution in [1.82, 2.24) is 0 Å². The zero-order valence-corrected chi connectivity index (χ0v) is 11.2. The van der Waals surface area contributed by atoms with Gasteiger partial charge in [0.25, 0.3) is 0 Å². The highest BCUT2D eigenvalue weighted by Gasteiger charge is 2.17. The molecule has 0 spiro atoms. The topological polar surface area (TPSA) is 37.3 Å². The Kier molecular flexibility index (Phi) is 4.77. The minimum absolute atomic E-state index is 0.0303. The molecule has 2 nitrogen and oxygen atoms in total. The minimum atomic E-state index is -1.14. The molecular formula is C9H3Cl5O2. The summed E-state index contributed by atoms with van der Waals surface area (Å²) in [6, 6.07) is 0. The lowest BCUT2D eigenvalue weighted by atomic mass is 10.2. The molecule has 0 amide bonds. The Morgan fingerprint density at radius 1 is 0.875 bits per heavy atom. The summed E-state index contributed by atoms with van der Waals surface area (Å²) in [4.78, 5) is 10.4. The maximum atomic E-state index is 10.4. The van der Waals surface area contributed by atoms with Crippen molar-refractivity contribution in [2.75, 3.05) is 0 Å². The first-order chi connectivity index (χ1) is 7.36. The van der Waals surface area contributed by atoms with Crippen LogP contribution in [0.2, 0.25) is 25.1 Å². The molecule has 0 unspecified atom stereocenters. The third-order valence-electron chi connectivity index (χ3n) is 1.64. The quantitative estimate of drug-likeness (QED) is 0.470. The molecular weight excluding hydrogens is 317 g/mol. The Hall–Kier alpha value is -0.120. The van der Waals surface area contributed by atoms with E-state index in [0.29, 0.717) is 0 Å². The van der Waals surface area contributed by atoms with Crippen LogP contribution in [0.25, 0.3) is 6.08 Å². The highest BCUT2D eigenvalue weighted by molar-refractivity contribution is 6.55. The average Bonchev–Trinajstić information content (AvgIpc) is 2.23. The summed E-state index contributed by atoms with van der Waals surface area (Å²) in [6.45, 7) is 0. The molecule has 1 rings (SSSR count). The summed E-state index contributed by atoms with van der Waals surface area (Å²) >= 11 is 29.0. The molecule has 0 saturated heterocycles. The van der Waals surface area contributed by atoms with E-state index in [1.165, 1.54) is 6.08 Å². The van der Waals surface area contributed by atoms with Crippen molar-refractivity contribution in [1.29, 1.82) is 0 Å². The van der Waals surface area contributed by atoms with Gasteiger partial charge in [0.2, 0.25) is 0 Å². The van der Waals surface area contributed by atoms with Crippen LogP contribution < -0.4 is 0 Å². The van der Waals surface area contributed by atoms with E-state index in [1.54, 1.807) is 0 Å². The maximum Gasteiger partial charge on any atom is 0.328 e. The molecule has 0 heterocycles. The van der Waals surface area contributed by atoms with Gasteiger partial charge >= 0.3 is 5.97 Å². The van der Waals surface area contributed by atoms with Crippen molar-refractivity contribution in [2.45, 2.75) is 0 Å². The molecule has 0 radical (unpaired) electrons. The van der Waals surface area contributed by atoms with Gasteiger partial charge in [0.15, 0.2) is 0 Å². The van der Waals surface area contributed by atoms with Gasteiger partial charge in [-0.25, -0.2) is 4.79 Å². The third-order valence-corrected chi connectivity index (χ3v) is 3.94. The van der Waals surface area contributed by atoms with Gasteiger partial charge in [0, 0.05) is 11.6 Å². The molecule has 1 N–H and O–H groups in total. The minimum Gasteiger partial charge on any atom is -0.478 e. The third kappa shape index (κ3) is 2.76. The maximum absolute atomic E-state index is 10.4. The van der Waals surface area contributed by atoms with E-state index in [1.807, 2.05) is 0 Å². The highest BCUT2D eigenvalue weighted by Crippen LogP contribution is 2.44. The van der Waals surface area contributed by atoms with E-state index in [9.17, 15) is 4.79 Å². The number of hydrogen-bond donors (Lipinski definition) is 1. The molecule has 86 valence electrons. The van der Waals surface area contributed by atoms with E-state index in [4.69, 9.17) is 63.1 Å². The fourth-order valence-electron chi connectivity index (χ4n) is 0.923. The first-order valence-electron chi connectivity index (χ1n) is 3.78. The molecule has 7 heteroatoms. The predicted molar refractivity (Wildman–Crippen MR) is 68.2 cm³/mol. The van der Waals surface area contributed by atoms with Crippen LogP contribution in [-0.4, -0.2) is 11.1 Å². The lowest BCUT2D eigenvalue weighted by Crippen LogP contribution is -1.88. The number of carboxylic acid groups (broad SMARTS) is 1. The fraction of sp³-hybridized carbons (Fsp3) is 0. The first kappa shape index (κ1) is 13.9. The molecule has 0 aromatic heterocycles. The Morgan fingerprint density at radius 3 is 1.62 bits per heavy atom. The van der Waals surface area contributed by atoms with Gasteiger partial charge in [-0.05, 0) is 6.08 Å². The van der Waals surface area contributed by atoms with E-state index >= 15 is 0 Å². The van der Waals surface area contributed by atoms with Crippen LogP contribution in [0, 0.1) is 0 Å². The summed E-state index contributed by atoms with van der Waals surface area (Å²) in [5.41, 5.74) is 0.213. The lowest BCUT2D eigenvalue weighted by Gasteiger charge is -2.08. The predicted octanol–water partition coefficient (Wildman–Crippen LogP) is 5.05. The van der Waals surface area contributed by atoms with Crippen LogP contribution in [0.1, 0.15) is 5.56 Å². The van der Waals surface area contributed by atoms with E-state index in [2.05, 4.69) is 0 Å². The molecule has 0 aliphatic heterocycles. The van der Waals surface area contributed by atoms with Crippen molar-refractivity contribution < 1.29 is 9.90 Å². The smallest absolute Gasteiger partial charge is 0.328 e. The number of benzene rings is 1. The van der Waals surface area contributed by atoms with Crippen molar-refractivity contribution in [2.24, 2.45) is 0 Å². The fourth-order valence-corrected chi connectivity index (χ4v) is 2.20. The standard InChI is InChI=1S/C9H3Cl5O2/c10-5-3(1-2-4(15)16)6(11)8(13)9(14)7(5)12/h1-2H,(H,15,16)/b2-1+. The van der Waals surface area contributed by atoms with Gasteiger partial charge in [0.1, 0.15) is 0 Å². The number of halogens is 5. The second kappa shape index (κ2) is 5.48. The number of carbonyl (C=O) groups is 1. The van der Waals surface area contributed by atoms with Gasteiger partial charge in [-0.1, -0.05) is 58.0 Å². The van der Waals surface area contributed by atoms with Crippen molar-refractivity contribution in [3.8, 4) is 0 Å². The normalized spacial score (nSPS) is 11.1. The van der Waals surface area contributed by atoms with Crippen LogP contribution in [-0.2, 0) is 4.79 Å². The molecule has 1 aromatic rings. The zero-order valence-electron chi connectivity index (χ0n) is 7.40. The Balaban J connectivity index is 3.45. The Morgan fingerprint density at radius 2 is 1.25 bits per heavy atom. The second-order valence-corrected chi connectivity index (χ2v) is 4.54. The molecule has 16 heavy (non-hydrogen) atoms.